The Labute approximate surface area is 149 Å². The van der Waals surface area contributed by atoms with E-state index in [9.17, 15) is 4.79 Å². The number of rotatable bonds is 6. The van der Waals surface area contributed by atoms with Crippen LogP contribution in [0.5, 0.6) is 0 Å². The minimum absolute atomic E-state index is 0.0516. The van der Waals surface area contributed by atoms with Crippen molar-refractivity contribution in [1.29, 1.82) is 0 Å². The molecule has 1 aromatic heterocycles. The monoisotopic (exact) mass is 341 g/mol. The van der Waals surface area contributed by atoms with Crippen LogP contribution in [0.15, 0.2) is 36.5 Å². The molecule has 1 aliphatic heterocycles. The number of hydrogen-bond acceptors (Lipinski definition) is 4. The van der Waals surface area contributed by atoms with E-state index in [0.717, 1.165) is 38.3 Å². The molecule has 1 amide bonds. The molecule has 2 N–H and O–H groups in total. The number of aromatic nitrogens is 2. The van der Waals surface area contributed by atoms with E-state index in [-0.39, 0.29) is 5.91 Å². The first-order valence-electron chi connectivity index (χ1n) is 8.91. The summed E-state index contributed by atoms with van der Waals surface area (Å²) in [7, 11) is 2.18. The number of H-pyrrole nitrogens is 1. The molecular formula is C19H27N5O. The van der Waals surface area contributed by atoms with Gasteiger partial charge >= 0.3 is 0 Å². The smallest absolute Gasteiger partial charge is 0.254 e. The van der Waals surface area contributed by atoms with Gasteiger partial charge in [-0.15, -0.1) is 0 Å². The Balaban J connectivity index is 1.51. The highest BCUT2D eigenvalue weighted by Crippen LogP contribution is 2.24. The van der Waals surface area contributed by atoms with Crippen LogP contribution in [0, 0.1) is 6.92 Å². The SMILES string of the molecule is Cc1[nH]ncc1C(=O)NCCCN1CCN(C)C[C@H]1c1ccccc1. The van der Waals surface area contributed by atoms with Crippen molar-refractivity contribution in [1.82, 2.24) is 25.3 Å². The van der Waals surface area contributed by atoms with E-state index < -0.39 is 0 Å². The van der Waals surface area contributed by atoms with Gasteiger partial charge < -0.3 is 10.2 Å². The lowest BCUT2D eigenvalue weighted by molar-refractivity contribution is 0.0865. The molecule has 6 nitrogen and oxygen atoms in total. The summed E-state index contributed by atoms with van der Waals surface area (Å²) in [6.07, 6.45) is 2.52. The largest absolute Gasteiger partial charge is 0.352 e. The van der Waals surface area contributed by atoms with E-state index >= 15 is 0 Å². The van der Waals surface area contributed by atoms with Crippen molar-refractivity contribution in [3.05, 3.63) is 53.3 Å². The summed E-state index contributed by atoms with van der Waals surface area (Å²) in [6, 6.07) is 11.1. The van der Waals surface area contributed by atoms with Crippen molar-refractivity contribution >= 4 is 5.91 Å². The molecule has 134 valence electrons. The van der Waals surface area contributed by atoms with E-state index in [1.54, 1.807) is 6.20 Å². The fourth-order valence-electron chi connectivity index (χ4n) is 3.37. The van der Waals surface area contributed by atoms with E-state index in [1.165, 1.54) is 5.56 Å². The molecule has 0 bridgehead atoms. The number of hydrogen-bond donors (Lipinski definition) is 2. The summed E-state index contributed by atoms with van der Waals surface area (Å²) >= 11 is 0. The number of likely N-dealkylation sites (N-methyl/N-ethyl adjacent to an activating group) is 1. The fourth-order valence-corrected chi connectivity index (χ4v) is 3.37. The van der Waals surface area contributed by atoms with Gasteiger partial charge in [-0.05, 0) is 26.0 Å². The number of piperazine rings is 1. The molecule has 1 saturated heterocycles. The lowest BCUT2D eigenvalue weighted by Crippen LogP contribution is -2.47. The average Bonchev–Trinajstić information content (AvgIpc) is 3.06. The van der Waals surface area contributed by atoms with Gasteiger partial charge in [0.05, 0.1) is 11.8 Å². The second kappa shape index (κ2) is 8.27. The number of nitrogens with zero attached hydrogens (tertiary/aromatic N) is 3. The van der Waals surface area contributed by atoms with Gasteiger partial charge in [-0.1, -0.05) is 30.3 Å². The predicted molar refractivity (Wildman–Crippen MR) is 98.5 cm³/mol. The summed E-state index contributed by atoms with van der Waals surface area (Å²) in [4.78, 5) is 17.0. The Morgan fingerprint density at radius 1 is 1.32 bits per heavy atom. The highest BCUT2D eigenvalue weighted by molar-refractivity contribution is 5.94. The molecule has 0 spiro atoms. The van der Waals surface area contributed by atoms with Gasteiger partial charge in [0, 0.05) is 44.5 Å². The Hall–Kier alpha value is -2.18. The molecule has 0 unspecified atom stereocenters. The fraction of sp³-hybridized carbons (Fsp3) is 0.474. The van der Waals surface area contributed by atoms with Crippen molar-refractivity contribution in [3.8, 4) is 0 Å². The van der Waals surface area contributed by atoms with E-state index in [1.807, 2.05) is 6.92 Å². The lowest BCUT2D eigenvalue weighted by Gasteiger charge is -2.40. The van der Waals surface area contributed by atoms with Crippen molar-refractivity contribution in [3.63, 3.8) is 0 Å². The van der Waals surface area contributed by atoms with Crippen LogP contribution in [0.3, 0.4) is 0 Å². The maximum Gasteiger partial charge on any atom is 0.254 e. The van der Waals surface area contributed by atoms with Crippen LogP contribution in [-0.4, -0.2) is 65.7 Å². The molecule has 1 fully saturated rings. The van der Waals surface area contributed by atoms with Gasteiger partial charge in [0.1, 0.15) is 0 Å². The molecule has 1 atom stereocenters. The van der Waals surface area contributed by atoms with E-state index in [0.29, 0.717) is 18.2 Å². The third-order valence-electron chi connectivity index (χ3n) is 4.86. The maximum atomic E-state index is 12.1. The van der Waals surface area contributed by atoms with Crippen LogP contribution in [0.25, 0.3) is 0 Å². The number of nitrogens with one attached hydrogen (secondary N) is 2. The summed E-state index contributed by atoms with van der Waals surface area (Å²) < 4.78 is 0. The van der Waals surface area contributed by atoms with Gasteiger partial charge in [0.15, 0.2) is 0 Å². The number of amides is 1. The Morgan fingerprint density at radius 2 is 2.12 bits per heavy atom. The van der Waals surface area contributed by atoms with E-state index in [2.05, 4.69) is 62.7 Å². The molecule has 2 aromatic rings. The second-order valence-electron chi connectivity index (χ2n) is 6.74. The zero-order valence-corrected chi connectivity index (χ0v) is 15.0. The normalized spacial score (nSPS) is 19.0. The first-order chi connectivity index (χ1) is 12.1. The van der Waals surface area contributed by atoms with Crippen LogP contribution < -0.4 is 5.32 Å². The van der Waals surface area contributed by atoms with Gasteiger partial charge in [0.25, 0.3) is 5.91 Å². The third kappa shape index (κ3) is 4.46. The molecular weight excluding hydrogens is 314 g/mol. The maximum absolute atomic E-state index is 12.1. The molecule has 25 heavy (non-hydrogen) atoms. The standard InChI is InChI=1S/C19H27N5O/c1-15-17(13-21-22-15)19(25)20-9-6-10-24-12-11-23(2)14-18(24)16-7-4-3-5-8-16/h3-5,7-8,13,18H,6,9-12,14H2,1-2H3,(H,20,25)(H,21,22)/t18-/m0/s1. The first kappa shape index (κ1) is 17.6. The third-order valence-corrected chi connectivity index (χ3v) is 4.86. The molecule has 6 heteroatoms. The number of aromatic amines is 1. The number of benzene rings is 1. The van der Waals surface area contributed by atoms with Gasteiger partial charge in [-0.25, -0.2) is 0 Å². The molecule has 1 aliphatic rings. The summed E-state index contributed by atoms with van der Waals surface area (Å²) in [5.74, 6) is -0.0516. The zero-order valence-electron chi connectivity index (χ0n) is 15.0. The van der Waals surface area contributed by atoms with Crippen molar-refractivity contribution < 1.29 is 4.79 Å². The quantitative estimate of drug-likeness (QED) is 0.787. The zero-order chi connectivity index (χ0) is 17.6. The molecule has 1 aromatic carbocycles. The van der Waals surface area contributed by atoms with Crippen LogP contribution in [0.4, 0.5) is 0 Å². The first-order valence-corrected chi connectivity index (χ1v) is 8.91. The molecule has 2 heterocycles. The number of aryl methyl sites for hydroxylation is 1. The predicted octanol–water partition coefficient (Wildman–Crippen LogP) is 1.83. The van der Waals surface area contributed by atoms with Gasteiger partial charge in [0.2, 0.25) is 0 Å². The van der Waals surface area contributed by atoms with E-state index in [4.69, 9.17) is 0 Å². The summed E-state index contributed by atoms with van der Waals surface area (Å²) in [5, 5.41) is 9.69. The molecule has 0 radical (unpaired) electrons. The second-order valence-corrected chi connectivity index (χ2v) is 6.74. The van der Waals surface area contributed by atoms with Crippen LogP contribution in [0.1, 0.15) is 34.1 Å². The van der Waals surface area contributed by atoms with Crippen LogP contribution >= 0.6 is 0 Å². The highest BCUT2D eigenvalue weighted by atomic mass is 16.1. The van der Waals surface area contributed by atoms with Crippen molar-refractivity contribution in [2.45, 2.75) is 19.4 Å². The van der Waals surface area contributed by atoms with Crippen LogP contribution in [0.2, 0.25) is 0 Å². The van der Waals surface area contributed by atoms with Crippen molar-refractivity contribution in [2.24, 2.45) is 0 Å². The lowest BCUT2D eigenvalue weighted by atomic mass is 10.0. The number of carbonyl (C=O) groups excluding carboxylic acids is 1. The Kier molecular flexibility index (Phi) is 5.83. The number of carbonyl (C=O) groups is 1. The topological polar surface area (TPSA) is 64.3 Å². The Morgan fingerprint density at radius 3 is 2.84 bits per heavy atom. The average molecular weight is 341 g/mol. The van der Waals surface area contributed by atoms with Crippen LogP contribution in [-0.2, 0) is 0 Å². The minimum atomic E-state index is -0.0516. The molecule has 3 rings (SSSR count). The summed E-state index contributed by atoms with van der Waals surface area (Å²) in [5.41, 5.74) is 2.80. The minimum Gasteiger partial charge on any atom is -0.352 e. The van der Waals surface area contributed by atoms with Gasteiger partial charge in [-0.3, -0.25) is 14.8 Å². The molecule has 0 aliphatic carbocycles. The van der Waals surface area contributed by atoms with Gasteiger partial charge in [-0.2, -0.15) is 5.10 Å². The highest BCUT2D eigenvalue weighted by Gasteiger charge is 2.25. The molecule has 0 saturated carbocycles. The Bertz CT molecular complexity index is 684. The summed E-state index contributed by atoms with van der Waals surface area (Å²) in [6.45, 7) is 6.71. The van der Waals surface area contributed by atoms with Crippen molar-refractivity contribution in [2.75, 3.05) is 39.8 Å².